The van der Waals surface area contributed by atoms with Gasteiger partial charge in [0.15, 0.2) is 5.78 Å². The average Bonchev–Trinajstić information content (AvgIpc) is 2.77. The molecule has 1 aromatic heterocycles. The number of halogens is 1. The van der Waals surface area contributed by atoms with E-state index in [9.17, 15) is 4.79 Å². The van der Waals surface area contributed by atoms with E-state index in [0.29, 0.717) is 13.0 Å². The van der Waals surface area contributed by atoms with Crippen molar-refractivity contribution < 1.29 is 4.79 Å². The molecular weight excluding hydrogens is 298 g/mol. The fourth-order valence-corrected chi connectivity index (χ4v) is 4.20. The highest BCUT2D eigenvalue weighted by Gasteiger charge is 2.33. The van der Waals surface area contributed by atoms with Gasteiger partial charge in [-0.3, -0.25) is 4.79 Å². The Kier molecular flexibility index (Phi) is 4.39. The number of nitrogens with two attached hydrogens (primary N) is 1. The van der Waals surface area contributed by atoms with Crippen LogP contribution in [-0.4, -0.2) is 12.3 Å². The van der Waals surface area contributed by atoms with Gasteiger partial charge >= 0.3 is 0 Å². The predicted octanol–water partition coefficient (Wildman–Crippen LogP) is 3.99. The minimum absolute atomic E-state index is 0.0682. The molecule has 0 amide bonds. The number of hydrogen-bond donors (Lipinski definition) is 1. The van der Waals surface area contributed by atoms with E-state index < -0.39 is 0 Å². The Morgan fingerprint density at radius 3 is 2.65 bits per heavy atom. The SMILES string of the molecule is NCC1(CC(=O)c2sccc2Br)CCCCC1. The lowest BCUT2D eigenvalue weighted by atomic mass is 9.71. The zero-order valence-corrected chi connectivity index (χ0v) is 12.3. The third-order valence-corrected chi connectivity index (χ3v) is 5.63. The Balaban J connectivity index is 2.08. The summed E-state index contributed by atoms with van der Waals surface area (Å²) in [4.78, 5) is 13.1. The molecular formula is C13H18BrNOS. The Morgan fingerprint density at radius 1 is 1.41 bits per heavy atom. The van der Waals surface area contributed by atoms with Crippen molar-refractivity contribution in [2.75, 3.05) is 6.54 Å². The van der Waals surface area contributed by atoms with E-state index >= 15 is 0 Å². The van der Waals surface area contributed by atoms with E-state index in [1.165, 1.54) is 30.6 Å². The zero-order valence-electron chi connectivity index (χ0n) is 9.88. The fraction of sp³-hybridized carbons (Fsp3) is 0.615. The molecule has 0 unspecified atom stereocenters. The smallest absolute Gasteiger partial charge is 0.174 e. The largest absolute Gasteiger partial charge is 0.330 e. The first kappa shape index (κ1) is 13.2. The van der Waals surface area contributed by atoms with Crippen LogP contribution >= 0.6 is 27.3 Å². The van der Waals surface area contributed by atoms with Crippen LogP contribution in [0.4, 0.5) is 0 Å². The van der Waals surface area contributed by atoms with E-state index in [-0.39, 0.29) is 11.2 Å². The molecule has 17 heavy (non-hydrogen) atoms. The highest BCUT2D eigenvalue weighted by molar-refractivity contribution is 9.10. The molecule has 0 bridgehead atoms. The van der Waals surface area contributed by atoms with Gasteiger partial charge in [0.2, 0.25) is 0 Å². The van der Waals surface area contributed by atoms with Gasteiger partial charge in [-0.25, -0.2) is 0 Å². The maximum atomic E-state index is 12.3. The highest BCUT2D eigenvalue weighted by Crippen LogP contribution is 2.40. The van der Waals surface area contributed by atoms with Gasteiger partial charge in [0.25, 0.3) is 0 Å². The minimum Gasteiger partial charge on any atom is -0.330 e. The molecule has 0 atom stereocenters. The topological polar surface area (TPSA) is 43.1 Å². The second kappa shape index (κ2) is 5.63. The summed E-state index contributed by atoms with van der Waals surface area (Å²) in [6.07, 6.45) is 6.56. The molecule has 2 N–H and O–H groups in total. The summed E-state index contributed by atoms with van der Waals surface area (Å²) >= 11 is 4.95. The maximum absolute atomic E-state index is 12.3. The molecule has 0 aliphatic heterocycles. The number of thiophene rings is 1. The lowest BCUT2D eigenvalue weighted by molar-refractivity contribution is 0.0871. The van der Waals surface area contributed by atoms with Crippen LogP contribution in [0.15, 0.2) is 15.9 Å². The third kappa shape index (κ3) is 2.98. The van der Waals surface area contributed by atoms with Crippen LogP contribution in [0.5, 0.6) is 0 Å². The van der Waals surface area contributed by atoms with Crippen molar-refractivity contribution in [1.82, 2.24) is 0 Å². The molecule has 4 heteroatoms. The van der Waals surface area contributed by atoms with Crippen LogP contribution in [0.1, 0.15) is 48.2 Å². The Morgan fingerprint density at radius 2 is 2.12 bits per heavy atom. The Hall–Kier alpha value is -0.190. The van der Waals surface area contributed by atoms with E-state index in [1.807, 2.05) is 11.4 Å². The van der Waals surface area contributed by atoms with Crippen LogP contribution in [-0.2, 0) is 0 Å². The Labute approximate surface area is 115 Å². The average molecular weight is 316 g/mol. The van der Waals surface area contributed by atoms with Crippen LogP contribution in [0.3, 0.4) is 0 Å². The van der Waals surface area contributed by atoms with E-state index in [4.69, 9.17) is 5.73 Å². The highest BCUT2D eigenvalue weighted by atomic mass is 79.9. The normalized spacial score (nSPS) is 19.2. The van der Waals surface area contributed by atoms with E-state index in [1.54, 1.807) is 0 Å². The zero-order chi connectivity index (χ0) is 12.3. The molecule has 94 valence electrons. The van der Waals surface area contributed by atoms with Gasteiger partial charge in [-0.15, -0.1) is 11.3 Å². The molecule has 1 heterocycles. The minimum atomic E-state index is 0.0682. The summed E-state index contributed by atoms with van der Waals surface area (Å²) in [5.41, 5.74) is 5.99. The Bertz CT molecular complexity index is 396. The summed E-state index contributed by atoms with van der Waals surface area (Å²) in [6, 6.07) is 1.94. The summed E-state index contributed by atoms with van der Waals surface area (Å²) in [6.45, 7) is 0.641. The van der Waals surface area contributed by atoms with Crippen molar-refractivity contribution >= 4 is 33.0 Å². The van der Waals surface area contributed by atoms with E-state index in [2.05, 4.69) is 15.9 Å². The van der Waals surface area contributed by atoms with Crippen LogP contribution in [0.25, 0.3) is 0 Å². The molecule has 1 aliphatic carbocycles. The van der Waals surface area contributed by atoms with Gasteiger partial charge in [0, 0.05) is 10.9 Å². The monoisotopic (exact) mass is 315 g/mol. The second-order valence-corrected chi connectivity index (χ2v) is 6.73. The third-order valence-electron chi connectivity index (χ3n) is 3.75. The first-order valence-electron chi connectivity index (χ1n) is 6.13. The fourth-order valence-electron chi connectivity index (χ4n) is 2.67. The van der Waals surface area contributed by atoms with Crippen molar-refractivity contribution in [2.24, 2.45) is 11.1 Å². The number of hydrogen-bond acceptors (Lipinski definition) is 3. The lowest BCUT2D eigenvalue weighted by Crippen LogP contribution is -2.35. The molecule has 1 aliphatic rings. The predicted molar refractivity (Wildman–Crippen MR) is 75.5 cm³/mol. The van der Waals surface area contributed by atoms with Gasteiger partial charge in [-0.2, -0.15) is 0 Å². The van der Waals surface area contributed by atoms with Crippen molar-refractivity contribution in [1.29, 1.82) is 0 Å². The molecule has 1 aromatic rings. The molecule has 0 aromatic carbocycles. The number of carbonyl (C=O) groups excluding carboxylic acids is 1. The number of carbonyl (C=O) groups is 1. The summed E-state index contributed by atoms with van der Waals surface area (Å²) in [5, 5.41) is 1.95. The molecule has 0 spiro atoms. The molecule has 2 nitrogen and oxygen atoms in total. The summed E-state index contributed by atoms with van der Waals surface area (Å²) < 4.78 is 0.926. The van der Waals surface area contributed by atoms with E-state index in [0.717, 1.165) is 22.2 Å². The maximum Gasteiger partial charge on any atom is 0.174 e. The van der Waals surface area contributed by atoms with Gasteiger partial charge in [0.1, 0.15) is 0 Å². The van der Waals surface area contributed by atoms with Gasteiger partial charge in [-0.1, -0.05) is 19.3 Å². The molecule has 1 saturated carbocycles. The number of rotatable bonds is 4. The van der Waals surface area contributed by atoms with Crippen molar-refractivity contribution in [3.8, 4) is 0 Å². The molecule has 0 radical (unpaired) electrons. The lowest BCUT2D eigenvalue weighted by Gasteiger charge is -2.35. The summed E-state index contributed by atoms with van der Waals surface area (Å²) in [5.74, 6) is 0.249. The quantitative estimate of drug-likeness (QED) is 0.854. The van der Waals surface area contributed by atoms with Gasteiger partial charge < -0.3 is 5.73 Å². The number of Topliss-reactive ketones (excluding diaryl/α,β-unsaturated/α-hetero) is 1. The molecule has 0 saturated heterocycles. The van der Waals surface area contributed by atoms with Crippen LogP contribution in [0.2, 0.25) is 0 Å². The first-order valence-corrected chi connectivity index (χ1v) is 7.80. The van der Waals surface area contributed by atoms with Crippen LogP contribution < -0.4 is 5.73 Å². The second-order valence-electron chi connectivity index (χ2n) is 4.96. The number of ketones is 1. The standard InChI is InChI=1S/C13H18BrNOS/c14-10-4-7-17-12(10)11(16)8-13(9-15)5-2-1-3-6-13/h4,7H,1-3,5-6,8-9,15H2. The summed E-state index contributed by atoms with van der Waals surface area (Å²) in [7, 11) is 0. The first-order chi connectivity index (χ1) is 8.17. The van der Waals surface area contributed by atoms with Crippen molar-refractivity contribution in [3.63, 3.8) is 0 Å². The molecule has 1 fully saturated rings. The van der Waals surface area contributed by atoms with Crippen molar-refractivity contribution in [3.05, 3.63) is 20.8 Å². The van der Waals surface area contributed by atoms with Crippen LogP contribution in [0, 0.1) is 5.41 Å². The van der Waals surface area contributed by atoms with Gasteiger partial charge in [-0.05, 0) is 52.2 Å². The van der Waals surface area contributed by atoms with Crippen molar-refractivity contribution in [2.45, 2.75) is 38.5 Å². The van der Waals surface area contributed by atoms with Gasteiger partial charge in [0.05, 0.1) is 4.88 Å². The molecule has 2 rings (SSSR count).